The Hall–Kier alpha value is -4.00. The van der Waals surface area contributed by atoms with Crippen LogP contribution in [0.15, 0.2) is 73.1 Å². The average molecular weight is 416 g/mol. The van der Waals surface area contributed by atoms with Crippen molar-refractivity contribution >= 4 is 23.4 Å². The Kier molecular flexibility index (Phi) is 7.48. The number of nitrogens with one attached hydrogen (secondary N) is 3. The highest BCUT2D eigenvalue weighted by atomic mass is 16.2. The van der Waals surface area contributed by atoms with Crippen molar-refractivity contribution in [1.29, 1.82) is 0 Å². The summed E-state index contributed by atoms with van der Waals surface area (Å²) in [6, 6.07) is 18.1. The molecule has 3 amide bonds. The fourth-order valence-corrected chi connectivity index (χ4v) is 2.90. The van der Waals surface area contributed by atoms with Crippen molar-refractivity contribution < 1.29 is 14.4 Å². The molecule has 3 rings (SSSR count). The van der Waals surface area contributed by atoms with Gasteiger partial charge in [0, 0.05) is 25.5 Å². The van der Waals surface area contributed by atoms with Crippen molar-refractivity contribution in [1.82, 2.24) is 15.6 Å². The third-order valence-corrected chi connectivity index (χ3v) is 4.71. The molecule has 0 aliphatic heterocycles. The molecule has 3 aromatic rings. The van der Waals surface area contributed by atoms with E-state index in [1.54, 1.807) is 48.8 Å². The summed E-state index contributed by atoms with van der Waals surface area (Å²) in [5, 5.41) is 7.91. The van der Waals surface area contributed by atoms with E-state index in [0.717, 1.165) is 17.5 Å². The molecule has 0 fully saturated rings. The first-order valence-corrected chi connectivity index (χ1v) is 10.00. The first-order chi connectivity index (χ1) is 15.1. The topological polar surface area (TPSA) is 100 Å². The summed E-state index contributed by atoms with van der Waals surface area (Å²) in [5.74, 6) is -1.97. The predicted octanol–water partition coefficient (Wildman–Crippen LogP) is 2.83. The van der Waals surface area contributed by atoms with Gasteiger partial charge in [-0.2, -0.15) is 0 Å². The van der Waals surface area contributed by atoms with Gasteiger partial charge in [-0.25, -0.2) is 0 Å². The Labute approximate surface area is 180 Å². The van der Waals surface area contributed by atoms with Gasteiger partial charge in [0.2, 0.25) is 0 Å². The minimum Gasteiger partial charge on any atom is -0.348 e. The van der Waals surface area contributed by atoms with E-state index in [2.05, 4.69) is 27.9 Å². The minimum atomic E-state index is -0.843. The van der Waals surface area contributed by atoms with Gasteiger partial charge in [0.15, 0.2) is 0 Å². The van der Waals surface area contributed by atoms with Crippen molar-refractivity contribution in [2.45, 2.75) is 26.4 Å². The van der Waals surface area contributed by atoms with Gasteiger partial charge < -0.3 is 16.0 Å². The molecule has 2 aromatic carbocycles. The summed E-state index contributed by atoms with van der Waals surface area (Å²) in [6.07, 6.45) is 4.17. The number of carbonyl (C=O) groups is 3. The summed E-state index contributed by atoms with van der Waals surface area (Å²) in [4.78, 5) is 41.0. The number of para-hydroxylation sites is 1. The lowest BCUT2D eigenvalue weighted by molar-refractivity contribution is -0.136. The van der Waals surface area contributed by atoms with E-state index in [9.17, 15) is 14.4 Å². The Morgan fingerprint density at radius 3 is 2.06 bits per heavy atom. The number of rotatable bonds is 7. The van der Waals surface area contributed by atoms with E-state index in [-0.39, 0.29) is 23.7 Å². The molecule has 0 saturated heterocycles. The van der Waals surface area contributed by atoms with Crippen LogP contribution < -0.4 is 16.0 Å². The molecule has 0 aliphatic rings. The molecule has 0 saturated carbocycles. The maximum absolute atomic E-state index is 12.7. The van der Waals surface area contributed by atoms with Crippen LogP contribution >= 0.6 is 0 Å². The lowest BCUT2D eigenvalue weighted by atomic mass is 10.1. The van der Waals surface area contributed by atoms with Crippen LogP contribution in [0.3, 0.4) is 0 Å². The van der Waals surface area contributed by atoms with Crippen molar-refractivity contribution in [3.05, 3.63) is 95.3 Å². The second-order valence-electron chi connectivity index (χ2n) is 6.89. The van der Waals surface area contributed by atoms with E-state index in [1.165, 1.54) is 5.56 Å². The van der Waals surface area contributed by atoms with E-state index in [1.807, 2.05) is 24.3 Å². The molecule has 1 aromatic heterocycles. The molecule has 1 heterocycles. The highest BCUT2D eigenvalue weighted by Gasteiger charge is 2.17. The Balaban J connectivity index is 1.58. The average Bonchev–Trinajstić information content (AvgIpc) is 2.82. The lowest BCUT2D eigenvalue weighted by Crippen LogP contribution is -2.35. The minimum absolute atomic E-state index is 0.202. The number of pyridine rings is 1. The van der Waals surface area contributed by atoms with Crippen LogP contribution in [0.25, 0.3) is 0 Å². The summed E-state index contributed by atoms with van der Waals surface area (Å²) < 4.78 is 0. The number of benzene rings is 2. The van der Waals surface area contributed by atoms with E-state index < -0.39 is 11.8 Å². The van der Waals surface area contributed by atoms with Crippen molar-refractivity contribution in [2.75, 3.05) is 5.32 Å². The van der Waals surface area contributed by atoms with Gasteiger partial charge >= 0.3 is 11.8 Å². The standard InChI is InChI=1S/C24H24N4O3/c1-2-17-7-9-18(10-8-17)15-26-22(29)20-5-3-4-6-21(20)28-24(31)23(30)27-16-19-11-13-25-14-12-19/h3-14H,2,15-16H2,1H3,(H,26,29)(H,27,30)(H,28,31). The molecule has 0 atom stereocenters. The van der Waals surface area contributed by atoms with Crippen LogP contribution in [0.2, 0.25) is 0 Å². The van der Waals surface area contributed by atoms with Gasteiger partial charge in [-0.3, -0.25) is 19.4 Å². The van der Waals surface area contributed by atoms with Gasteiger partial charge in [0.1, 0.15) is 0 Å². The largest absolute Gasteiger partial charge is 0.348 e. The van der Waals surface area contributed by atoms with Crippen LogP contribution in [-0.2, 0) is 29.1 Å². The highest BCUT2D eigenvalue weighted by molar-refractivity contribution is 6.40. The van der Waals surface area contributed by atoms with Crippen molar-refractivity contribution in [3.8, 4) is 0 Å². The monoisotopic (exact) mass is 416 g/mol. The number of aryl methyl sites for hydroxylation is 1. The summed E-state index contributed by atoms with van der Waals surface area (Å²) in [5.41, 5.74) is 3.57. The Morgan fingerprint density at radius 1 is 0.742 bits per heavy atom. The van der Waals surface area contributed by atoms with E-state index >= 15 is 0 Å². The normalized spacial score (nSPS) is 10.2. The number of hydrogen-bond acceptors (Lipinski definition) is 4. The van der Waals surface area contributed by atoms with Crippen molar-refractivity contribution in [3.63, 3.8) is 0 Å². The third kappa shape index (κ3) is 6.24. The second-order valence-corrected chi connectivity index (χ2v) is 6.89. The first kappa shape index (κ1) is 21.7. The molecule has 0 bridgehead atoms. The second kappa shape index (κ2) is 10.7. The zero-order valence-electron chi connectivity index (χ0n) is 17.2. The van der Waals surface area contributed by atoms with Gasteiger partial charge in [-0.05, 0) is 47.4 Å². The highest BCUT2D eigenvalue weighted by Crippen LogP contribution is 2.15. The molecule has 158 valence electrons. The van der Waals surface area contributed by atoms with Crippen LogP contribution in [0, 0.1) is 0 Å². The van der Waals surface area contributed by atoms with Gasteiger partial charge in [0.05, 0.1) is 11.3 Å². The number of aromatic nitrogens is 1. The van der Waals surface area contributed by atoms with E-state index in [0.29, 0.717) is 6.54 Å². The maximum Gasteiger partial charge on any atom is 0.313 e. The first-order valence-electron chi connectivity index (χ1n) is 10.00. The lowest BCUT2D eigenvalue weighted by Gasteiger charge is -2.12. The van der Waals surface area contributed by atoms with Crippen LogP contribution in [0.1, 0.15) is 34.0 Å². The molecule has 0 unspecified atom stereocenters. The molecule has 0 aliphatic carbocycles. The molecule has 7 nitrogen and oxygen atoms in total. The zero-order chi connectivity index (χ0) is 22.1. The van der Waals surface area contributed by atoms with Gasteiger partial charge in [-0.1, -0.05) is 43.3 Å². The number of anilines is 1. The summed E-state index contributed by atoms with van der Waals surface area (Å²) >= 11 is 0. The zero-order valence-corrected chi connectivity index (χ0v) is 17.2. The molecule has 31 heavy (non-hydrogen) atoms. The summed E-state index contributed by atoms with van der Waals surface area (Å²) in [7, 11) is 0. The molecular weight excluding hydrogens is 392 g/mol. The molecule has 0 radical (unpaired) electrons. The third-order valence-electron chi connectivity index (χ3n) is 4.71. The van der Waals surface area contributed by atoms with Crippen LogP contribution in [0.5, 0.6) is 0 Å². The fraction of sp³-hybridized carbons (Fsp3) is 0.167. The fourth-order valence-electron chi connectivity index (χ4n) is 2.90. The van der Waals surface area contributed by atoms with Crippen LogP contribution in [0.4, 0.5) is 5.69 Å². The van der Waals surface area contributed by atoms with E-state index in [4.69, 9.17) is 0 Å². The quantitative estimate of drug-likeness (QED) is 0.516. The number of nitrogens with zero attached hydrogens (tertiary/aromatic N) is 1. The molecule has 0 spiro atoms. The molecule has 3 N–H and O–H groups in total. The number of carbonyl (C=O) groups excluding carboxylic acids is 3. The molecule has 7 heteroatoms. The SMILES string of the molecule is CCc1ccc(CNC(=O)c2ccccc2NC(=O)C(=O)NCc2ccncc2)cc1. The summed E-state index contributed by atoms with van der Waals surface area (Å²) in [6.45, 7) is 2.65. The van der Waals surface area contributed by atoms with Crippen molar-refractivity contribution in [2.24, 2.45) is 0 Å². The smallest absolute Gasteiger partial charge is 0.313 e. The van der Waals surface area contributed by atoms with Gasteiger partial charge in [0.25, 0.3) is 5.91 Å². The van der Waals surface area contributed by atoms with Gasteiger partial charge in [-0.15, -0.1) is 0 Å². The number of hydrogen-bond donors (Lipinski definition) is 3. The van der Waals surface area contributed by atoms with Crippen LogP contribution in [-0.4, -0.2) is 22.7 Å². The Bertz CT molecular complexity index is 1050. The molecular formula is C24H24N4O3. The predicted molar refractivity (Wildman–Crippen MR) is 118 cm³/mol. The maximum atomic E-state index is 12.7. The Morgan fingerprint density at radius 2 is 1.35 bits per heavy atom. The number of amides is 3.